The zero-order chi connectivity index (χ0) is 12.3. The summed E-state index contributed by atoms with van der Waals surface area (Å²) in [6.45, 7) is 1.10. The first-order chi connectivity index (χ1) is 8.22. The van der Waals surface area contributed by atoms with Crippen LogP contribution in [-0.4, -0.2) is 41.1 Å². The molecule has 2 aliphatic rings. The Labute approximate surface area is 103 Å². The Morgan fingerprint density at radius 1 is 1.41 bits per heavy atom. The van der Waals surface area contributed by atoms with Crippen molar-refractivity contribution < 1.29 is 9.90 Å². The van der Waals surface area contributed by atoms with Crippen LogP contribution in [0.2, 0.25) is 0 Å². The van der Waals surface area contributed by atoms with Crippen molar-refractivity contribution >= 4 is 5.91 Å². The fourth-order valence-electron chi connectivity index (χ4n) is 2.80. The van der Waals surface area contributed by atoms with Gasteiger partial charge in [-0.1, -0.05) is 0 Å². The second-order valence-corrected chi connectivity index (χ2v) is 5.45. The molecule has 4 nitrogen and oxygen atoms in total. The van der Waals surface area contributed by atoms with Gasteiger partial charge < -0.3 is 15.7 Å². The molecule has 17 heavy (non-hydrogen) atoms. The summed E-state index contributed by atoms with van der Waals surface area (Å²) >= 11 is 0. The monoisotopic (exact) mass is 240 g/mol. The van der Waals surface area contributed by atoms with Crippen molar-refractivity contribution in [2.45, 2.75) is 57.0 Å². The van der Waals surface area contributed by atoms with Gasteiger partial charge in [0.15, 0.2) is 0 Å². The summed E-state index contributed by atoms with van der Waals surface area (Å²) in [6.07, 6.45) is 6.82. The highest BCUT2D eigenvalue weighted by Gasteiger charge is 2.33. The zero-order valence-corrected chi connectivity index (χ0v) is 10.5. The third-order valence-electron chi connectivity index (χ3n) is 4.03. The SMILES string of the molecule is NC(CC(=O)N1CCCC1CCCO)C1CC1. The summed E-state index contributed by atoms with van der Waals surface area (Å²) in [6, 6.07) is 0.419. The lowest BCUT2D eigenvalue weighted by Crippen LogP contribution is -2.39. The van der Waals surface area contributed by atoms with Crippen molar-refractivity contribution in [2.24, 2.45) is 11.7 Å². The second kappa shape index (κ2) is 5.83. The number of aliphatic hydroxyl groups is 1. The van der Waals surface area contributed by atoms with Crippen LogP contribution in [0.3, 0.4) is 0 Å². The maximum Gasteiger partial charge on any atom is 0.224 e. The Morgan fingerprint density at radius 3 is 2.82 bits per heavy atom. The van der Waals surface area contributed by atoms with E-state index in [9.17, 15) is 4.79 Å². The lowest BCUT2D eigenvalue weighted by molar-refractivity contribution is -0.132. The molecule has 4 heteroatoms. The van der Waals surface area contributed by atoms with Gasteiger partial charge in [-0.05, 0) is 44.4 Å². The second-order valence-electron chi connectivity index (χ2n) is 5.45. The van der Waals surface area contributed by atoms with Crippen molar-refractivity contribution in [2.75, 3.05) is 13.2 Å². The summed E-state index contributed by atoms with van der Waals surface area (Å²) in [7, 11) is 0. The van der Waals surface area contributed by atoms with Gasteiger partial charge in [0, 0.05) is 31.7 Å². The highest BCUT2D eigenvalue weighted by Crippen LogP contribution is 2.33. The van der Waals surface area contributed by atoms with E-state index in [1.54, 1.807) is 0 Å². The van der Waals surface area contributed by atoms with Crippen molar-refractivity contribution in [3.8, 4) is 0 Å². The van der Waals surface area contributed by atoms with Crippen molar-refractivity contribution in [1.82, 2.24) is 4.90 Å². The third-order valence-corrected chi connectivity index (χ3v) is 4.03. The van der Waals surface area contributed by atoms with Crippen LogP contribution in [0.5, 0.6) is 0 Å². The predicted molar refractivity (Wildman–Crippen MR) is 66.4 cm³/mol. The van der Waals surface area contributed by atoms with Crippen LogP contribution in [0.4, 0.5) is 0 Å². The molecule has 0 aromatic rings. The maximum atomic E-state index is 12.1. The van der Waals surface area contributed by atoms with E-state index in [-0.39, 0.29) is 18.6 Å². The van der Waals surface area contributed by atoms with E-state index in [0.717, 1.165) is 32.2 Å². The van der Waals surface area contributed by atoms with Gasteiger partial charge in [-0.15, -0.1) is 0 Å². The smallest absolute Gasteiger partial charge is 0.224 e. The summed E-state index contributed by atoms with van der Waals surface area (Å²) in [5.41, 5.74) is 6.01. The van der Waals surface area contributed by atoms with E-state index in [4.69, 9.17) is 10.8 Å². The molecule has 0 aromatic carbocycles. The van der Waals surface area contributed by atoms with Gasteiger partial charge in [-0.3, -0.25) is 4.79 Å². The molecule has 98 valence electrons. The number of likely N-dealkylation sites (tertiary alicyclic amines) is 1. The molecule has 1 amide bonds. The van der Waals surface area contributed by atoms with Crippen LogP contribution in [0.15, 0.2) is 0 Å². The normalized spacial score (nSPS) is 26.2. The summed E-state index contributed by atoms with van der Waals surface area (Å²) in [4.78, 5) is 14.1. The fourth-order valence-corrected chi connectivity index (χ4v) is 2.80. The van der Waals surface area contributed by atoms with Crippen molar-refractivity contribution in [3.05, 3.63) is 0 Å². The molecule has 0 bridgehead atoms. The lowest BCUT2D eigenvalue weighted by Gasteiger charge is -2.26. The molecule has 2 atom stereocenters. The molecule has 1 aliphatic carbocycles. The van der Waals surface area contributed by atoms with Crippen LogP contribution in [0.25, 0.3) is 0 Å². The molecule has 1 aliphatic heterocycles. The quantitative estimate of drug-likeness (QED) is 0.724. The number of nitrogens with zero attached hydrogens (tertiary/aromatic N) is 1. The highest BCUT2D eigenvalue weighted by atomic mass is 16.3. The van der Waals surface area contributed by atoms with Crippen LogP contribution < -0.4 is 5.73 Å². The molecular formula is C13H24N2O2. The van der Waals surface area contributed by atoms with Gasteiger partial charge >= 0.3 is 0 Å². The highest BCUT2D eigenvalue weighted by molar-refractivity contribution is 5.77. The minimum Gasteiger partial charge on any atom is -0.396 e. The molecule has 1 saturated carbocycles. The minimum atomic E-state index is 0.0709. The number of rotatable bonds is 6. The van der Waals surface area contributed by atoms with Gasteiger partial charge in [0.25, 0.3) is 0 Å². The van der Waals surface area contributed by atoms with E-state index in [2.05, 4.69) is 0 Å². The van der Waals surface area contributed by atoms with Crippen molar-refractivity contribution in [1.29, 1.82) is 0 Å². The van der Waals surface area contributed by atoms with Gasteiger partial charge in [-0.25, -0.2) is 0 Å². The minimum absolute atomic E-state index is 0.0709. The number of carbonyl (C=O) groups is 1. The molecule has 3 N–H and O–H groups in total. The standard InChI is InChI=1S/C13H24N2O2/c14-12(10-5-6-10)9-13(17)15-7-1-3-11(15)4-2-8-16/h10-12,16H,1-9,14H2. The van der Waals surface area contributed by atoms with Gasteiger partial charge in [0.2, 0.25) is 5.91 Å². The maximum absolute atomic E-state index is 12.1. The average Bonchev–Trinajstić information content (AvgIpc) is 3.05. The number of nitrogens with two attached hydrogens (primary N) is 1. The van der Waals surface area contributed by atoms with E-state index in [1.165, 1.54) is 12.8 Å². The molecule has 0 aromatic heterocycles. The lowest BCUT2D eigenvalue weighted by atomic mass is 10.1. The fraction of sp³-hybridized carbons (Fsp3) is 0.923. The van der Waals surface area contributed by atoms with E-state index < -0.39 is 0 Å². The first-order valence-corrected chi connectivity index (χ1v) is 6.88. The number of hydrogen-bond acceptors (Lipinski definition) is 3. The molecular weight excluding hydrogens is 216 g/mol. The van der Waals surface area contributed by atoms with Crippen LogP contribution >= 0.6 is 0 Å². The average molecular weight is 240 g/mol. The van der Waals surface area contributed by atoms with Crippen molar-refractivity contribution in [3.63, 3.8) is 0 Å². The van der Waals surface area contributed by atoms with E-state index in [0.29, 0.717) is 18.4 Å². The Kier molecular flexibility index (Phi) is 4.40. The first-order valence-electron chi connectivity index (χ1n) is 6.88. The molecule has 0 radical (unpaired) electrons. The third kappa shape index (κ3) is 3.42. The topological polar surface area (TPSA) is 66.6 Å². The Hall–Kier alpha value is -0.610. The summed E-state index contributed by atoms with van der Waals surface area (Å²) in [5, 5.41) is 8.85. The number of amides is 1. The Morgan fingerprint density at radius 2 is 2.18 bits per heavy atom. The number of carbonyl (C=O) groups excluding carboxylic acids is 1. The van der Waals surface area contributed by atoms with Gasteiger partial charge in [0.1, 0.15) is 0 Å². The van der Waals surface area contributed by atoms with Crippen LogP contribution in [-0.2, 0) is 4.79 Å². The van der Waals surface area contributed by atoms with Gasteiger partial charge in [-0.2, -0.15) is 0 Å². The summed E-state index contributed by atoms with van der Waals surface area (Å²) < 4.78 is 0. The largest absolute Gasteiger partial charge is 0.396 e. The molecule has 0 spiro atoms. The predicted octanol–water partition coefficient (Wildman–Crippen LogP) is 0.877. The molecule has 2 unspecified atom stereocenters. The Balaban J connectivity index is 1.79. The van der Waals surface area contributed by atoms with E-state index >= 15 is 0 Å². The Bertz CT molecular complexity index is 266. The van der Waals surface area contributed by atoms with E-state index in [1.807, 2.05) is 4.90 Å². The molecule has 2 rings (SSSR count). The van der Waals surface area contributed by atoms with Gasteiger partial charge in [0.05, 0.1) is 0 Å². The van der Waals surface area contributed by atoms with Crippen LogP contribution in [0.1, 0.15) is 44.9 Å². The van der Waals surface area contributed by atoms with Crippen LogP contribution in [0, 0.1) is 5.92 Å². The molecule has 2 fully saturated rings. The number of hydrogen-bond donors (Lipinski definition) is 2. The molecule has 1 saturated heterocycles. The molecule has 1 heterocycles. The number of aliphatic hydroxyl groups excluding tert-OH is 1. The summed E-state index contributed by atoms with van der Waals surface area (Å²) in [5.74, 6) is 0.822. The first kappa shape index (κ1) is 12.8. The zero-order valence-electron chi connectivity index (χ0n) is 10.5.